The Bertz CT molecular complexity index is 6.00. The molecule has 0 rings (SSSR count). The van der Waals surface area contributed by atoms with Crippen LogP contribution >= 0.6 is 0 Å². The van der Waals surface area contributed by atoms with Crippen molar-refractivity contribution in [3.05, 3.63) is 0 Å². The molecule has 0 bridgehead atoms. The predicted octanol–water partition coefficient (Wildman–Crippen LogP) is -1.12. The van der Waals surface area contributed by atoms with Crippen LogP contribution in [0.4, 0.5) is 0 Å². The van der Waals surface area contributed by atoms with Gasteiger partial charge >= 0.3 is 24.0 Å². The fourth-order valence-corrected chi connectivity index (χ4v) is 0. The summed E-state index contributed by atoms with van der Waals surface area (Å²) in [6.45, 7) is 0. The molecule has 0 heterocycles. The van der Waals surface area contributed by atoms with Crippen molar-refractivity contribution in [2.75, 3.05) is 0 Å². The Hall–Kier alpha value is 0.946. The molecule has 0 saturated heterocycles. The third-order valence-corrected chi connectivity index (χ3v) is 0. The molecule has 0 saturated carbocycles. The Morgan fingerprint density at radius 1 is 1.25 bits per heavy atom. The third kappa shape index (κ3) is 12.5. The molecule has 0 aromatic rings. The van der Waals surface area contributed by atoms with E-state index in [1.165, 1.54) is 0 Å². The summed E-state index contributed by atoms with van der Waals surface area (Å²) in [5, 5.41) is 0. The first-order chi connectivity index (χ1) is 1.41. The minimum absolute atomic E-state index is 0. The zero-order chi connectivity index (χ0) is 2.71. The van der Waals surface area contributed by atoms with E-state index in [9.17, 15) is 0 Å². The summed E-state index contributed by atoms with van der Waals surface area (Å²) < 4.78 is 14.1. The van der Waals surface area contributed by atoms with E-state index < -0.39 is 0 Å². The molecule has 0 aromatic carbocycles. The van der Waals surface area contributed by atoms with Gasteiger partial charge in [0, 0.05) is 16.8 Å². The summed E-state index contributed by atoms with van der Waals surface area (Å²) in [4.78, 5) is 0. The summed E-state index contributed by atoms with van der Waals surface area (Å²) >= 11 is -0.188. The number of hydrogen-bond acceptors (Lipinski definition) is 2. The molecule has 2 nitrogen and oxygen atoms in total. The van der Waals surface area contributed by atoms with Gasteiger partial charge in [-0.05, 0) is 0 Å². The van der Waals surface area contributed by atoms with E-state index in [2.05, 4.69) is 0 Å². The van der Waals surface area contributed by atoms with Crippen LogP contribution in [0.5, 0.6) is 0 Å². The van der Waals surface area contributed by atoms with E-state index in [1.807, 2.05) is 0 Å². The molecule has 34 valence electrons. The number of rotatable bonds is 0. The van der Waals surface area contributed by atoms with Gasteiger partial charge in [-0.2, -0.15) is 0 Å². The van der Waals surface area contributed by atoms with E-state index in [0.717, 1.165) is 0 Å². The van der Waals surface area contributed by atoms with Crippen LogP contribution in [0.1, 0.15) is 0 Å². The molecule has 2 N–H and O–H groups in total. The first-order valence-electron chi connectivity index (χ1n) is 0.270. The Kier molecular flexibility index (Phi) is 20.1. The van der Waals surface area contributed by atoms with Crippen molar-refractivity contribution in [1.82, 2.24) is 0 Å². The van der Waals surface area contributed by atoms with Crippen molar-refractivity contribution in [1.29, 1.82) is 0 Å². The molecular weight excluding hydrogens is 154 g/mol. The quantitative estimate of drug-likeness (QED) is 0.436. The van der Waals surface area contributed by atoms with Crippen LogP contribution < -0.4 is 0 Å². The second-order valence-electron chi connectivity index (χ2n) is 0.0603. The van der Waals surface area contributed by atoms with E-state index in [4.69, 9.17) is 8.38 Å². The molecule has 0 aliphatic rings. The normalized spacial score (nSPS) is 5.50. The van der Waals surface area contributed by atoms with E-state index in [1.54, 1.807) is 0 Å². The zero-order valence-electron chi connectivity index (χ0n) is 1.53. The summed E-state index contributed by atoms with van der Waals surface area (Å²) in [5.74, 6) is 0. The summed E-state index contributed by atoms with van der Waals surface area (Å²) in [7, 11) is 0. The molecule has 0 fully saturated rings. The van der Waals surface area contributed by atoms with E-state index >= 15 is 0 Å². The first-order valence-corrected chi connectivity index (χ1v) is 1.11. The van der Waals surface area contributed by atoms with Crippen LogP contribution in [0, 0.1) is 0 Å². The average molecular weight is 156 g/mol. The fraction of sp³-hybridized carbons (Fsp3) is 0. The van der Waals surface area contributed by atoms with Crippen molar-refractivity contribution in [3.8, 4) is 0 Å². The van der Waals surface area contributed by atoms with Gasteiger partial charge in [0.25, 0.3) is 0 Å². The summed E-state index contributed by atoms with van der Waals surface area (Å²) in [6, 6.07) is 0. The van der Waals surface area contributed by atoms with Gasteiger partial charge in [0.1, 0.15) is 0 Å². The van der Waals surface area contributed by atoms with Crippen LogP contribution in [-0.4, -0.2) is 8.38 Å². The second-order valence-corrected chi connectivity index (χ2v) is 0.249. The van der Waals surface area contributed by atoms with Gasteiger partial charge in [-0.1, -0.05) is 0 Å². The third-order valence-electron chi connectivity index (χ3n) is 0. The maximum atomic E-state index is 7.03. The van der Waals surface area contributed by atoms with Gasteiger partial charge in [0.15, 0.2) is 0 Å². The maximum absolute atomic E-state index is 7.03. The van der Waals surface area contributed by atoms with Crippen LogP contribution in [0.25, 0.3) is 0 Å². The van der Waals surface area contributed by atoms with Gasteiger partial charge in [-0.15, -0.1) is 0 Å². The average Bonchev–Trinajstić information content (AvgIpc) is 0.918. The van der Waals surface area contributed by atoms with Crippen molar-refractivity contribution < 1.29 is 40.8 Å². The van der Waals surface area contributed by atoms with Crippen molar-refractivity contribution >= 4 is 0 Å². The first kappa shape index (κ1) is 8.87. The molecule has 1 radical (unpaired) electrons. The van der Waals surface area contributed by atoms with Gasteiger partial charge < -0.3 is 0 Å². The molecule has 0 aliphatic carbocycles. The molecule has 0 aliphatic heterocycles. The minimum atomic E-state index is -0.188. The topological polar surface area (TPSA) is 40.5 Å². The molecule has 0 spiro atoms. The van der Waals surface area contributed by atoms with Gasteiger partial charge in [0.2, 0.25) is 0 Å². The standard InChI is InChI=1S/Co.Cu.2H2O/h;;2*1H2/q;+2;;/p-2. The van der Waals surface area contributed by atoms with Crippen molar-refractivity contribution in [2.24, 2.45) is 0 Å². The molecular formula is H2CoCuO2. The SMILES string of the molecule is [Co].[OH][Cu][OH]. The van der Waals surface area contributed by atoms with Gasteiger partial charge in [-0.25, -0.2) is 0 Å². The van der Waals surface area contributed by atoms with Crippen LogP contribution in [-0.2, 0) is 32.4 Å². The van der Waals surface area contributed by atoms with Gasteiger partial charge in [0.05, 0.1) is 0 Å². The molecule has 0 unspecified atom stereocenters. The molecule has 4 heteroatoms. The fourth-order valence-electron chi connectivity index (χ4n) is 0. The Morgan fingerprint density at radius 3 is 1.25 bits per heavy atom. The zero-order valence-corrected chi connectivity index (χ0v) is 3.51. The van der Waals surface area contributed by atoms with Crippen LogP contribution in [0.2, 0.25) is 0 Å². The summed E-state index contributed by atoms with van der Waals surface area (Å²) in [6.07, 6.45) is 0. The van der Waals surface area contributed by atoms with Gasteiger partial charge in [-0.3, -0.25) is 0 Å². The monoisotopic (exact) mass is 156 g/mol. The number of hydrogen-bond donors (Lipinski definition) is 2. The predicted molar refractivity (Wildman–Crippen MR) is 4.44 cm³/mol. The Morgan fingerprint density at radius 2 is 1.25 bits per heavy atom. The van der Waals surface area contributed by atoms with Crippen molar-refractivity contribution in [2.45, 2.75) is 0 Å². The Balaban J connectivity index is 0. The molecule has 0 amide bonds. The second kappa shape index (κ2) is 9.04. The van der Waals surface area contributed by atoms with E-state index in [-0.39, 0.29) is 32.4 Å². The van der Waals surface area contributed by atoms with Crippen LogP contribution in [0.15, 0.2) is 0 Å². The summed E-state index contributed by atoms with van der Waals surface area (Å²) in [5.41, 5.74) is 0. The van der Waals surface area contributed by atoms with Crippen molar-refractivity contribution in [3.63, 3.8) is 0 Å². The van der Waals surface area contributed by atoms with Crippen LogP contribution in [0.3, 0.4) is 0 Å². The molecule has 4 heavy (non-hydrogen) atoms. The molecule has 0 atom stereocenters. The van der Waals surface area contributed by atoms with E-state index in [0.29, 0.717) is 0 Å². The molecule has 0 aromatic heterocycles. The Labute approximate surface area is 41.2 Å².